The summed E-state index contributed by atoms with van der Waals surface area (Å²) in [7, 11) is 0. The quantitative estimate of drug-likeness (QED) is 0.820. The lowest BCUT2D eigenvalue weighted by Crippen LogP contribution is -2.11. The molecule has 1 fully saturated rings. The van der Waals surface area contributed by atoms with Gasteiger partial charge in [-0.25, -0.2) is 0 Å². The lowest BCUT2D eigenvalue weighted by molar-refractivity contribution is 0.0835. The van der Waals surface area contributed by atoms with Crippen molar-refractivity contribution in [3.8, 4) is 0 Å². The molecule has 2 unspecified atom stereocenters. The van der Waals surface area contributed by atoms with Crippen molar-refractivity contribution in [1.82, 2.24) is 10.1 Å². The topological polar surface area (TPSA) is 74.2 Å². The van der Waals surface area contributed by atoms with Crippen molar-refractivity contribution in [1.29, 1.82) is 0 Å². The van der Waals surface area contributed by atoms with E-state index in [2.05, 4.69) is 17.1 Å². The van der Waals surface area contributed by atoms with Crippen LogP contribution in [-0.4, -0.2) is 16.7 Å². The van der Waals surface area contributed by atoms with Crippen molar-refractivity contribution in [3.05, 3.63) is 11.7 Å². The summed E-state index contributed by atoms with van der Waals surface area (Å²) in [4.78, 5) is 4.28. The zero-order chi connectivity index (χ0) is 10.7. The van der Waals surface area contributed by atoms with Gasteiger partial charge in [-0.15, -0.1) is 0 Å². The summed E-state index contributed by atoms with van der Waals surface area (Å²) in [5.41, 5.74) is 5.89. The maximum atomic E-state index is 5.89. The highest BCUT2D eigenvalue weighted by Crippen LogP contribution is 2.27. The van der Waals surface area contributed by atoms with E-state index in [1.165, 1.54) is 0 Å². The van der Waals surface area contributed by atoms with Gasteiger partial charge in [0.25, 0.3) is 5.89 Å². The van der Waals surface area contributed by atoms with Crippen LogP contribution in [0, 0.1) is 0 Å². The van der Waals surface area contributed by atoms with E-state index in [9.17, 15) is 0 Å². The number of rotatable bonds is 4. The monoisotopic (exact) mass is 211 g/mol. The van der Waals surface area contributed by atoms with Crippen molar-refractivity contribution in [2.24, 2.45) is 5.73 Å². The molecular formula is C10H17N3O2. The molecule has 0 saturated carbocycles. The number of nitrogens with zero attached hydrogens (tertiary/aromatic N) is 2. The third kappa shape index (κ3) is 2.35. The first kappa shape index (κ1) is 10.6. The molecule has 2 N–H and O–H groups in total. The number of hydrogen-bond donors (Lipinski definition) is 1. The molecule has 84 valence electrons. The smallest absolute Gasteiger partial charge is 0.255 e. The van der Waals surface area contributed by atoms with E-state index in [4.69, 9.17) is 15.0 Å². The van der Waals surface area contributed by atoms with Gasteiger partial charge in [0.2, 0.25) is 0 Å². The lowest BCUT2D eigenvalue weighted by atomic mass is 10.2. The summed E-state index contributed by atoms with van der Waals surface area (Å²) in [6.07, 6.45) is 3.91. The van der Waals surface area contributed by atoms with E-state index in [1.54, 1.807) is 0 Å². The van der Waals surface area contributed by atoms with E-state index in [1.807, 2.05) is 0 Å². The van der Waals surface area contributed by atoms with Crippen molar-refractivity contribution < 1.29 is 9.26 Å². The van der Waals surface area contributed by atoms with Crippen LogP contribution < -0.4 is 5.73 Å². The molecule has 0 bridgehead atoms. The highest BCUT2D eigenvalue weighted by molar-refractivity contribution is 4.96. The lowest BCUT2D eigenvalue weighted by Gasteiger charge is -2.03. The fraction of sp³-hybridized carbons (Fsp3) is 0.800. The van der Waals surface area contributed by atoms with Crippen molar-refractivity contribution in [3.63, 3.8) is 0 Å². The second-order valence-electron chi connectivity index (χ2n) is 3.89. The van der Waals surface area contributed by atoms with Crippen molar-refractivity contribution in [2.75, 3.05) is 6.61 Å². The SMILES string of the molecule is CCCC(N)c1noc(C2CCCO2)n1. The van der Waals surface area contributed by atoms with Crippen LogP contribution in [0.15, 0.2) is 4.52 Å². The summed E-state index contributed by atoms with van der Waals surface area (Å²) in [5, 5.41) is 3.89. The van der Waals surface area contributed by atoms with Gasteiger partial charge in [0.1, 0.15) is 6.10 Å². The molecule has 0 aromatic carbocycles. The largest absolute Gasteiger partial charge is 0.368 e. The number of nitrogens with two attached hydrogens (primary N) is 1. The third-order valence-electron chi connectivity index (χ3n) is 2.59. The highest BCUT2D eigenvalue weighted by atomic mass is 16.5. The van der Waals surface area contributed by atoms with Gasteiger partial charge < -0.3 is 15.0 Å². The molecule has 2 rings (SSSR count). The Labute approximate surface area is 89.0 Å². The van der Waals surface area contributed by atoms with Gasteiger partial charge in [-0.2, -0.15) is 4.98 Å². The van der Waals surface area contributed by atoms with Gasteiger partial charge >= 0.3 is 0 Å². The Balaban J connectivity index is 2.02. The van der Waals surface area contributed by atoms with Crippen LogP contribution in [0.2, 0.25) is 0 Å². The molecule has 0 amide bonds. The summed E-state index contributed by atoms with van der Waals surface area (Å²) in [5.74, 6) is 1.18. The number of hydrogen-bond acceptors (Lipinski definition) is 5. The minimum absolute atomic E-state index is 0.0138. The first-order valence-corrected chi connectivity index (χ1v) is 5.52. The Bertz CT molecular complexity index is 307. The van der Waals surface area contributed by atoms with Gasteiger partial charge in [-0.3, -0.25) is 0 Å². The molecule has 5 nitrogen and oxygen atoms in total. The third-order valence-corrected chi connectivity index (χ3v) is 2.59. The maximum absolute atomic E-state index is 5.89. The molecular weight excluding hydrogens is 194 g/mol. The predicted molar refractivity (Wildman–Crippen MR) is 54.1 cm³/mol. The highest BCUT2D eigenvalue weighted by Gasteiger charge is 2.24. The molecule has 2 atom stereocenters. The summed E-state index contributed by atoms with van der Waals surface area (Å²) < 4.78 is 10.6. The first-order valence-electron chi connectivity index (χ1n) is 5.52. The number of aromatic nitrogens is 2. The van der Waals surface area contributed by atoms with Gasteiger partial charge in [0.05, 0.1) is 6.04 Å². The predicted octanol–water partition coefficient (Wildman–Crippen LogP) is 1.72. The van der Waals surface area contributed by atoms with Crippen LogP contribution in [0.4, 0.5) is 0 Å². The fourth-order valence-corrected chi connectivity index (χ4v) is 1.74. The molecule has 1 aliphatic heterocycles. The molecule has 0 aliphatic carbocycles. The summed E-state index contributed by atoms with van der Waals surface area (Å²) >= 11 is 0. The van der Waals surface area contributed by atoms with Gasteiger partial charge in [0.15, 0.2) is 5.82 Å². The molecule has 1 saturated heterocycles. The Kier molecular flexibility index (Phi) is 3.33. The molecule has 0 radical (unpaired) electrons. The fourth-order valence-electron chi connectivity index (χ4n) is 1.74. The normalized spacial score (nSPS) is 23.2. The zero-order valence-corrected chi connectivity index (χ0v) is 8.98. The molecule has 2 heterocycles. The zero-order valence-electron chi connectivity index (χ0n) is 8.98. The Hall–Kier alpha value is -0.940. The van der Waals surface area contributed by atoms with E-state index in [-0.39, 0.29) is 12.1 Å². The minimum Gasteiger partial charge on any atom is -0.368 e. The average Bonchev–Trinajstić information content (AvgIpc) is 2.89. The Morgan fingerprint density at radius 2 is 2.47 bits per heavy atom. The molecule has 1 aliphatic rings. The maximum Gasteiger partial charge on any atom is 0.255 e. The van der Waals surface area contributed by atoms with Crippen LogP contribution in [-0.2, 0) is 4.74 Å². The molecule has 15 heavy (non-hydrogen) atoms. The Morgan fingerprint density at radius 1 is 1.60 bits per heavy atom. The van der Waals surface area contributed by atoms with Gasteiger partial charge in [0, 0.05) is 6.61 Å². The minimum atomic E-state index is -0.117. The molecule has 1 aromatic heterocycles. The van der Waals surface area contributed by atoms with E-state index >= 15 is 0 Å². The van der Waals surface area contributed by atoms with E-state index in [0.29, 0.717) is 11.7 Å². The number of ether oxygens (including phenoxy) is 1. The van der Waals surface area contributed by atoms with E-state index < -0.39 is 0 Å². The van der Waals surface area contributed by atoms with Crippen LogP contribution in [0.1, 0.15) is 56.5 Å². The van der Waals surface area contributed by atoms with Gasteiger partial charge in [-0.1, -0.05) is 18.5 Å². The van der Waals surface area contributed by atoms with Crippen molar-refractivity contribution in [2.45, 2.75) is 44.8 Å². The molecule has 1 aromatic rings. The second kappa shape index (κ2) is 4.72. The van der Waals surface area contributed by atoms with Crippen LogP contribution >= 0.6 is 0 Å². The van der Waals surface area contributed by atoms with Crippen molar-refractivity contribution >= 4 is 0 Å². The van der Waals surface area contributed by atoms with Crippen LogP contribution in [0.5, 0.6) is 0 Å². The molecule has 0 spiro atoms. The summed E-state index contributed by atoms with van der Waals surface area (Å²) in [6.45, 7) is 2.87. The van der Waals surface area contributed by atoms with Crippen LogP contribution in [0.3, 0.4) is 0 Å². The molecule has 5 heteroatoms. The average molecular weight is 211 g/mol. The Morgan fingerprint density at radius 3 is 3.13 bits per heavy atom. The van der Waals surface area contributed by atoms with Gasteiger partial charge in [-0.05, 0) is 19.3 Å². The second-order valence-corrected chi connectivity index (χ2v) is 3.89. The first-order chi connectivity index (χ1) is 7.31. The van der Waals surface area contributed by atoms with Crippen LogP contribution in [0.25, 0.3) is 0 Å². The standard InChI is InChI=1S/C10H17N3O2/c1-2-4-7(11)9-12-10(15-13-9)8-5-3-6-14-8/h7-8H,2-6,11H2,1H3. The van der Waals surface area contributed by atoms with E-state index in [0.717, 1.165) is 32.3 Å². The summed E-state index contributed by atoms with van der Waals surface area (Å²) in [6, 6.07) is -0.117.